The summed E-state index contributed by atoms with van der Waals surface area (Å²) in [5.74, 6) is 0.457. The minimum Gasteiger partial charge on any atom is -0.484 e. The maximum atomic E-state index is 11.8. The molecule has 0 aliphatic heterocycles. The topological polar surface area (TPSA) is 38.3 Å². The summed E-state index contributed by atoms with van der Waals surface area (Å²) in [5.41, 5.74) is 2.79. The van der Waals surface area contributed by atoms with Crippen LogP contribution in [0.15, 0.2) is 42.5 Å². The lowest BCUT2D eigenvalue weighted by Gasteiger charge is -2.08. The van der Waals surface area contributed by atoms with Crippen molar-refractivity contribution in [3.8, 4) is 5.75 Å². The number of benzene rings is 2. The third-order valence-electron chi connectivity index (χ3n) is 2.85. The first-order valence-corrected chi connectivity index (χ1v) is 6.68. The summed E-state index contributed by atoms with van der Waals surface area (Å²) < 4.78 is 5.40. The van der Waals surface area contributed by atoms with Gasteiger partial charge in [0, 0.05) is 10.7 Å². The van der Waals surface area contributed by atoms with Crippen LogP contribution in [0.3, 0.4) is 0 Å². The maximum Gasteiger partial charge on any atom is 0.262 e. The molecular weight excluding hydrogens is 274 g/mol. The van der Waals surface area contributed by atoms with Crippen molar-refractivity contribution in [2.75, 3.05) is 11.9 Å². The largest absolute Gasteiger partial charge is 0.484 e. The van der Waals surface area contributed by atoms with Gasteiger partial charge in [-0.05, 0) is 43.7 Å². The van der Waals surface area contributed by atoms with Crippen LogP contribution in [0.2, 0.25) is 5.02 Å². The van der Waals surface area contributed by atoms with E-state index in [1.807, 2.05) is 50.2 Å². The van der Waals surface area contributed by atoms with E-state index in [0.29, 0.717) is 16.5 Å². The number of carbonyl (C=O) groups is 1. The SMILES string of the molecule is Cc1ccc(OCC(=O)Nc2ccc(C)c(Cl)c2)cc1. The Morgan fingerprint density at radius 3 is 2.50 bits per heavy atom. The van der Waals surface area contributed by atoms with Gasteiger partial charge in [-0.2, -0.15) is 0 Å². The van der Waals surface area contributed by atoms with Crippen LogP contribution >= 0.6 is 11.6 Å². The second-order valence-electron chi connectivity index (χ2n) is 4.61. The van der Waals surface area contributed by atoms with Crippen LogP contribution in [0.1, 0.15) is 11.1 Å². The van der Waals surface area contributed by atoms with Gasteiger partial charge in [-0.15, -0.1) is 0 Å². The molecule has 0 spiro atoms. The van der Waals surface area contributed by atoms with E-state index in [4.69, 9.17) is 16.3 Å². The Labute approximate surface area is 123 Å². The zero-order chi connectivity index (χ0) is 14.5. The van der Waals surface area contributed by atoms with Crippen molar-refractivity contribution in [2.45, 2.75) is 13.8 Å². The first kappa shape index (κ1) is 14.4. The summed E-state index contributed by atoms with van der Waals surface area (Å²) in [6.45, 7) is 3.88. The van der Waals surface area contributed by atoms with Crippen LogP contribution in [-0.4, -0.2) is 12.5 Å². The number of ether oxygens (including phenoxy) is 1. The fraction of sp³-hybridized carbons (Fsp3) is 0.188. The van der Waals surface area contributed by atoms with Crippen LogP contribution < -0.4 is 10.1 Å². The molecular formula is C16H16ClNO2. The van der Waals surface area contributed by atoms with Crippen LogP contribution in [0.4, 0.5) is 5.69 Å². The fourth-order valence-corrected chi connectivity index (χ4v) is 1.83. The summed E-state index contributed by atoms with van der Waals surface area (Å²) in [4.78, 5) is 11.8. The first-order chi connectivity index (χ1) is 9.54. The highest BCUT2D eigenvalue weighted by Crippen LogP contribution is 2.20. The summed E-state index contributed by atoms with van der Waals surface area (Å²) in [5, 5.41) is 3.37. The number of nitrogens with one attached hydrogen (secondary N) is 1. The van der Waals surface area contributed by atoms with Gasteiger partial charge in [0.25, 0.3) is 5.91 Å². The number of rotatable bonds is 4. The Morgan fingerprint density at radius 2 is 1.85 bits per heavy atom. The normalized spacial score (nSPS) is 10.2. The summed E-state index contributed by atoms with van der Waals surface area (Å²) >= 11 is 6.00. The Morgan fingerprint density at radius 1 is 1.15 bits per heavy atom. The van der Waals surface area contributed by atoms with E-state index in [-0.39, 0.29) is 12.5 Å². The molecule has 1 N–H and O–H groups in total. The molecule has 0 unspecified atom stereocenters. The smallest absolute Gasteiger partial charge is 0.262 e. The summed E-state index contributed by atoms with van der Waals surface area (Å²) in [6.07, 6.45) is 0. The molecule has 2 aromatic rings. The third-order valence-corrected chi connectivity index (χ3v) is 3.25. The lowest BCUT2D eigenvalue weighted by Crippen LogP contribution is -2.20. The van der Waals surface area contributed by atoms with E-state index in [1.165, 1.54) is 0 Å². The van der Waals surface area contributed by atoms with Crippen LogP contribution in [-0.2, 0) is 4.79 Å². The van der Waals surface area contributed by atoms with Crippen molar-refractivity contribution in [2.24, 2.45) is 0 Å². The highest BCUT2D eigenvalue weighted by atomic mass is 35.5. The molecule has 0 radical (unpaired) electrons. The predicted octanol–water partition coefficient (Wildman–Crippen LogP) is 3.97. The van der Waals surface area contributed by atoms with E-state index in [2.05, 4.69) is 5.32 Å². The van der Waals surface area contributed by atoms with Gasteiger partial charge in [0.1, 0.15) is 5.75 Å². The predicted molar refractivity (Wildman–Crippen MR) is 81.5 cm³/mol. The van der Waals surface area contributed by atoms with E-state index >= 15 is 0 Å². The first-order valence-electron chi connectivity index (χ1n) is 6.30. The van der Waals surface area contributed by atoms with Crippen LogP contribution in [0, 0.1) is 13.8 Å². The number of aryl methyl sites for hydroxylation is 2. The van der Waals surface area contributed by atoms with Gasteiger partial charge in [-0.1, -0.05) is 35.4 Å². The molecule has 20 heavy (non-hydrogen) atoms. The zero-order valence-corrected chi connectivity index (χ0v) is 12.2. The molecule has 2 aromatic carbocycles. The number of amides is 1. The highest BCUT2D eigenvalue weighted by molar-refractivity contribution is 6.31. The van der Waals surface area contributed by atoms with Crippen molar-refractivity contribution in [3.63, 3.8) is 0 Å². The Kier molecular flexibility index (Phi) is 4.64. The molecule has 2 rings (SSSR count). The third kappa shape index (κ3) is 4.00. The molecule has 0 aliphatic carbocycles. The molecule has 0 saturated heterocycles. The number of anilines is 1. The van der Waals surface area contributed by atoms with Crippen molar-refractivity contribution in [3.05, 3.63) is 58.6 Å². The summed E-state index contributed by atoms with van der Waals surface area (Å²) in [7, 11) is 0. The number of hydrogen-bond acceptors (Lipinski definition) is 2. The molecule has 0 aromatic heterocycles. The quantitative estimate of drug-likeness (QED) is 0.925. The van der Waals surface area contributed by atoms with Crippen molar-refractivity contribution >= 4 is 23.2 Å². The Balaban J connectivity index is 1.89. The molecule has 0 atom stereocenters. The Bertz CT molecular complexity index is 608. The van der Waals surface area contributed by atoms with Crippen molar-refractivity contribution in [1.29, 1.82) is 0 Å². The molecule has 0 bridgehead atoms. The number of halogens is 1. The van der Waals surface area contributed by atoms with Crippen LogP contribution in [0.25, 0.3) is 0 Å². The molecule has 0 heterocycles. The standard InChI is InChI=1S/C16H16ClNO2/c1-11-3-7-14(8-4-11)20-10-16(19)18-13-6-5-12(2)15(17)9-13/h3-9H,10H2,1-2H3,(H,18,19). The molecule has 0 aliphatic rings. The number of hydrogen-bond donors (Lipinski definition) is 1. The van der Waals surface area contributed by atoms with E-state index in [1.54, 1.807) is 6.07 Å². The molecule has 104 valence electrons. The fourth-order valence-electron chi connectivity index (χ4n) is 1.65. The van der Waals surface area contributed by atoms with Gasteiger partial charge in [0.2, 0.25) is 0 Å². The molecule has 3 nitrogen and oxygen atoms in total. The van der Waals surface area contributed by atoms with Crippen LogP contribution in [0.5, 0.6) is 5.75 Å². The Hall–Kier alpha value is -2.00. The van der Waals surface area contributed by atoms with Gasteiger partial charge in [0.05, 0.1) is 0 Å². The van der Waals surface area contributed by atoms with Gasteiger partial charge in [-0.3, -0.25) is 4.79 Å². The monoisotopic (exact) mass is 289 g/mol. The minimum atomic E-state index is -0.217. The lowest BCUT2D eigenvalue weighted by molar-refractivity contribution is -0.118. The van der Waals surface area contributed by atoms with E-state index in [0.717, 1.165) is 11.1 Å². The van der Waals surface area contributed by atoms with Gasteiger partial charge < -0.3 is 10.1 Å². The highest BCUT2D eigenvalue weighted by Gasteiger charge is 2.05. The number of carbonyl (C=O) groups excluding carboxylic acids is 1. The second kappa shape index (κ2) is 6.44. The van der Waals surface area contributed by atoms with E-state index in [9.17, 15) is 4.79 Å². The molecule has 0 saturated carbocycles. The van der Waals surface area contributed by atoms with Crippen molar-refractivity contribution < 1.29 is 9.53 Å². The molecule has 1 amide bonds. The van der Waals surface area contributed by atoms with Gasteiger partial charge >= 0.3 is 0 Å². The van der Waals surface area contributed by atoms with Crippen molar-refractivity contribution in [1.82, 2.24) is 0 Å². The van der Waals surface area contributed by atoms with Gasteiger partial charge in [0.15, 0.2) is 6.61 Å². The molecule has 4 heteroatoms. The second-order valence-corrected chi connectivity index (χ2v) is 5.02. The van der Waals surface area contributed by atoms with Gasteiger partial charge in [-0.25, -0.2) is 0 Å². The molecule has 0 fully saturated rings. The zero-order valence-electron chi connectivity index (χ0n) is 11.4. The van der Waals surface area contributed by atoms with E-state index < -0.39 is 0 Å². The lowest BCUT2D eigenvalue weighted by atomic mass is 10.2. The average Bonchev–Trinajstić information content (AvgIpc) is 2.42. The summed E-state index contributed by atoms with van der Waals surface area (Å²) in [6, 6.07) is 12.9. The maximum absolute atomic E-state index is 11.8. The average molecular weight is 290 g/mol. The minimum absolute atomic E-state index is 0.0332.